The number of aromatic nitrogens is 1. The van der Waals surface area contributed by atoms with E-state index in [1.807, 2.05) is 37.4 Å². The van der Waals surface area contributed by atoms with E-state index >= 15 is 0 Å². The van der Waals surface area contributed by atoms with E-state index in [-0.39, 0.29) is 5.91 Å². The summed E-state index contributed by atoms with van der Waals surface area (Å²) in [7, 11) is 3.44. The van der Waals surface area contributed by atoms with Crippen molar-refractivity contribution in [1.82, 2.24) is 9.88 Å². The highest BCUT2D eigenvalue weighted by Gasteiger charge is 2.13. The minimum absolute atomic E-state index is 0.126. The van der Waals surface area contributed by atoms with Gasteiger partial charge in [-0.15, -0.1) is 11.3 Å². The van der Waals surface area contributed by atoms with Gasteiger partial charge in [0.15, 0.2) is 0 Å². The van der Waals surface area contributed by atoms with Crippen LogP contribution >= 0.6 is 22.9 Å². The fourth-order valence-electron chi connectivity index (χ4n) is 2.98. The Morgan fingerprint density at radius 2 is 2.04 bits per heavy atom. The summed E-state index contributed by atoms with van der Waals surface area (Å²) in [5.74, 6) is 0.871. The fourth-order valence-corrected chi connectivity index (χ4v) is 4.19. The SMILES string of the molecule is COc1ccc(Cl)cc1CN(C)C(=O)CCCCc1nc2ccccc2s1. The molecule has 4 nitrogen and oxygen atoms in total. The van der Waals surface area contributed by atoms with Crippen LogP contribution in [0, 0.1) is 0 Å². The molecule has 1 aromatic heterocycles. The summed E-state index contributed by atoms with van der Waals surface area (Å²) in [6, 6.07) is 13.6. The molecule has 0 aliphatic heterocycles. The van der Waals surface area contributed by atoms with Crippen molar-refractivity contribution in [1.29, 1.82) is 0 Å². The molecule has 2 aromatic carbocycles. The molecule has 0 saturated heterocycles. The molecule has 0 N–H and O–H groups in total. The summed E-state index contributed by atoms with van der Waals surface area (Å²) in [4.78, 5) is 18.8. The number of aryl methyl sites for hydroxylation is 1. The first kappa shape index (κ1) is 19.6. The standard InChI is InChI=1S/C21H23ClN2O2S/c1-24(14-15-13-16(22)11-12-18(15)26-2)21(25)10-6-5-9-20-23-17-7-3-4-8-19(17)27-20/h3-4,7-8,11-13H,5-6,9-10,14H2,1-2H3. The van der Waals surface area contributed by atoms with Crippen molar-refractivity contribution in [3.05, 3.63) is 58.1 Å². The van der Waals surface area contributed by atoms with Crippen molar-refractivity contribution in [3.63, 3.8) is 0 Å². The van der Waals surface area contributed by atoms with Gasteiger partial charge in [0.25, 0.3) is 0 Å². The third kappa shape index (κ3) is 5.21. The van der Waals surface area contributed by atoms with Gasteiger partial charge in [-0.3, -0.25) is 4.79 Å². The van der Waals surface area contributed by atoms with Crippen molar-refractivity contribution in [2.24, 2.45) is 0 Å². The second kappa shape index (κ2) is 9.20. The van der Waals surface area contributed by atoms with Crippen LogP contribution in [0.15, 0.2) is 42.5 Å². The summed E-state index contributed by atoms with van der Waals surface area (Å²) in [5, 5.41) is 1.78. The van der Waals surface area contributed by atoms with Crippen LogP contribution in [-0.2, 0) is 17.8 Å². The van der Waals surface area contributed by atoms with E-state index < -0.39 is 0 Å². The molecule has 0 radical (unpaired) electrons. The lowest BCUT2D eigenvalue weighted by molar-refractivity contribution is -0.130. The minimum Gasteiger partial charge on any atom is -0.496 e. The summed E-state index contributed by atoms with van der Waals surface area (Å²) >= 11 is 7.80. The van der Waals surface area contributed by atoms with Gasteiger partial charge < -0.3 is 9.64 Å². The van der Waals surface area contributed by atoms with Crippen LogP contribution in [0.5, 0.6) is 5.75 Å². The van der Waals surface area contributed by atoms with Gasteiger partial charge in [-0.05, 0) is 49.6 Å². The Morgan fingerprint density at radius 1 is 1.22 bits per heavy atom. The number of nitrogens with zero attached hydrogens (tertiary/aromatic N) is 2. The lowest BCUT2D eigenvalue weighted by Gasteiger charge is -2.19. The largest absolute Gasteiger partial charge is 0.496 e. The number of hydrogen-bond donors (Lipinski definition) is 0. The molecule has 27 heavy (non-hydrogen) atoms. The first-order chi connectivity index (χ1) is 13.1. The van der Waals surface area contributed by atoms with Crippen LogP contribution in [-0.4, -0.2) is 29.9 Å². The van der Waals surface area contributed by atoms with E-state index in [4.69, 9.17) is 16.3 Å². The van der Waals surface area contributed by atoms with Crippen LogP contribution in [0.3, 0.4) is 0 Å². The van der Waals surface area contributed by atoms with E-state index in [0.29, 0.717) is 18.0 Å². The summed E-state index contributed by atoms with van der Waals surface area (Å²) in [6.45, 7) is 0.487. The number of hydrogen-bond acceptors (Lipinski definition) is 4. The van der Waals surface area contributed by atoms with E-state index in [0.717, 1.165) is 41.1 Å². The van der Waals surface area contributed by atoms with Gasteiger partial charge in [0, 0.05) is 30.6 Å². The van der Waals surface area contributed by atoms with Crippen molar-refractivity contribution in [3.8, 4) is 5.75 Å². The Morgan fingerprint density at radius 3 is 2.81 bits per heavy atom. The van der Waals surface area contributed by atoms with Crippen LogP contribution < -0.4 is 4.74 Å². The lowest BCUT2D eigenvalue weighted by atomic mass is 10.1. The number of fused-ring (bicyclic) bond motifs is 1. The molecule has 0 fully saturated rings. The number of carbonyl (C=O) groups excluding carboxylic acids is 1. The van der Waals surface area contributed by atoms with Crippen LogP contribution in [0.25, 0.3) is 10.2 Å². The Bertz CT molecular complexity index is 892. The molecule has 0 aliphatic carbocycles. The Hall–Kier alpha value is -2.11. The summed E-state index contributed by atoms with van der Waals surface area (Å²) in [6.07, 6.45) is 3.26. The molecule has 0 aliphatic rings. The highest BCUT2D eigenvalue weighted by atomic mass is 35.5. The van der Waals surface area contributed by atoms with E-state index in [1.54, 1.807) is 29.4 Å². The summed E-state index contributed by atoms with van der Waals surface area (Å²) in [5.41, 5.74) is 1.97. The average Bonchev–Trinajstić information content (AvgIpc) is 3.08. The molecule has 3 rings (SSSR count). The molecule has 0 unspecified atom stereocenters. The first-order valence-electron chi connectivity index (χ1n) is 8.97. The van der Waals surface area contributed by atoms with Crippen molar-refractivity contribution >= 4 is 39.1 Å². The van der Waals surface area contributed by atoms with E-state index in [2.05, 4.69) is 11.1 Å². The number of amides is 1. The molecule has 1 heterocycles. The number of ether oxygens (including phenoxy) is 1. The molecule has 142 valence electrons. The smallest absolute Gasteiger partial charge is 0.222 e. The van der Waals surface area contributed by atoms with Gasteiger partial charge in [0.05, 0.1) is 22.3 Å². The number of methoxy groups -OCH3 is 1. The quantitative estimate of drug-likeness (QED) is 0.478. The number of unbranched alkanes of at least 4 members (excludes halogenated alkanes) is 1. The number of carbonyl (C=O) groups is 1. The van der Waals surface area contributed by atoms with Gasteiger partial charge in [0.2, 0.25) is 5.91 Å². The van der Waals surface area contributed by atoms with Crippen LogP contribution in [0.2, 0.25) is 5.02 Å². The molecule has 0 saturated carbocycles. The zero-order valence-corrected chi connectivity index (χ0v) is 17.1. The molecule has 1 amide bonds. The zero-order valence-electron chi connectivity index (χ0n) is 15.6. The highest BCUT2D eigenvalue weighted by Crippen LogP contribution is 2.25. The number of benzene rings is 2. The predicted octanol–water partition coefficient (Wildman–Crippen LogP) is 5.33. The second-order valence-corrected chi connectivity index (χ2v) is 8.04. The monoisotopic (exact) mass is 402 g/mol. The maximum atomic E-state index is 12.4. The fraction of sp³-hybridized carbons (Fsp3) is 0.333. The second-order valence-electron chi connectivity index (χ2n) is 6.49. The normalized spacial score (nSPS) is 10.9. The third-order valence-electron chi connectivity index (χ3n) is 4.45. The van der Waals surface area contributed by atoms with Crippen LogP contribution in [0.1, 0.15) is 29.8 Å². The number of halogens is 1. The molecular formula is C21H23ClN2O2S. The van der Waals surface area contributed by atoms with E-state index in [1.165, 1.54) is 4.70 Å². The Labute approximate surface area is 168 Å². The summed E-state index contributed by atoms with van der Waals surface area (Å²) < 4.78 is 6.57. The van der Waals surface area contributed by atoms with Gasteiger partial charge in [0.1, 0.15) is 5.75 Å². The lowest BCUT2D eigenvalue weighted by Crippen LogP contribution is -2.26. The van der Waals surface area contributed by atoms with Crippen molar-refractivity contribution in [2.75, 3.05) is 14.2 Å². The maximum Gasteiger partial charge on any atom is 0.222 e. The number of para-hydroxylation sites is 1. The molecular weight excluding hydrogens is 380 g/mol. The molecule has 0 atom stereocenters. The third-order valence-corrected chi connectivity index (χ3v) is 5.78. The van der Waals surface area contributed by atoms with Crippen molar-refractivity contribution in [2.45, 2.75) is 32.2 Å². The predicted molar refractivity (Wildman–Crippen MR) is 112 cm³/mol. The van der Waals surface area contributed by atoms with Gasteiger partial charge in [-0.1, -0.05) is 23.7 Å². The molecule has 6 heteroatoms. The Balaban J connectivity index is 1.46. The van der Waals surface area contributed by atoms with Crippen molar-refractivity contribution < 1.29 is 9.53 Å². The van der Waals surface area contributed by atoms with Crippen LogP contribution in [0.4, 0.5) is 0 Å². The molecule has 3 aromatic rings. The number of rotatable bonds is 8. The zero-order chi connectivity index (χ0) is 19.2. The van der Waals surface area contributed by atoms with Gasteiger partial charge >= 0.3 is 0 Å². The van der Waals surface area contributed by atoms with Gasteiger partial charge in [-0.25, -0.2) is 4.98 Å². The van der Waals surface area contributed by atoms with Gasteiger partial charge in [-0.2, -0.15) is 0 Å². The molecule has 0 bridgehead atoms. The van der Waals surface area contributed by atoms with E-state index in [9.17, 15) is 4.79 Å². The topological polar surface area (TPSA) is 42.4 Å². The average molecular weight is 403 g/mol. The first-order valence-corrected chi connectivity index (χ1v) is 10.2. The maximum absolute atomic E-state index is 12.4. The highest BCUT2D eigenvalue weighted by molar-refractivity contribution is 7.18. The Kier molecular flexibility index (Phi) is 6.69. The molecule has 0 spiro atoms. The number of thiazole rings is 1. The minimum atomic E-state index is 0.126.